The molecule has 3 heterocycles. The molecule has 8 heteroatoms. The van der Waals surface area contributed by atoms with Crippen molar-refractivity contribution in [3.63, 3.8) is 0 Å². The van der Waals surface area contributed by atoms with E-state index in [1.807, 2.05) is 42.3 Å². The van der Waals surface area contributed by atoms with Crippen molar-refractivity contribution in [1.29, 1.82) is 0 Å². The maximum Gasteiger partial charge on any atom is 0.251 e. The summed E-state index contributed by atoms with van der Waals surface area (Å²) in [6, 6.07) is 7.43. The minimum Gasteiger partial charge on any atom is -0.496 e. The Kier molecular flexibility index (Phi) is 6.10. The van der Waals surface area contributed by atoms with Crippen LogP contribution in [0.1, 0.15) is 53.6 Å². The normalized spacial score (nSPS) is 24.5. The lowest BCUT2D eigenvalue weighted by Crippen LogP contribution is -2.53. The van der Waals surface area contributed by atoms with Gasteiger partial charge in [0.05, 0.1) is 36.3 Å². The van der Waals surface area contributed by atoms with Crippen LogP contribution in [0.5, 0.6) is 5.75 Å². The molecule has 1 fully saturated rings. The highest BCUT2D eigenvalue weighted by Gasteiger charge is 2.46. The Morgan fingerprint density at radius 2 is 2.09 bits per heavy atom. The van der Waals surface area contributed by atoms with E-state index < -0.39 is 6.04 Å². The summed E-state index contributed by atoms with van der Waals surface area (Å²) in [7, 11) is 1.64. The molecule has 5 rings (SSSR count). The Balaban J connectivity index is 1.59. The third kappa shape index (κ3) is 4.12. The number of hydrogen-bond donors (Lipinski definition) is 2. The molecular formula is C25H30N4O3S. The Hall–Kier alpha value is -2.87. The van der Waals surface area contributed by atoms with Crippen LogP contribution in [0.2, 0.25) is 0 Å². The number of aryl methyl sites for hydroxylation is 2. The van der Waals surface area contributed by atoms with Gasteiger partial charge in [0.1, 0.15) is 5.75 Å². The van der Waals surface area contributed by atoms with Crippen LogP contribution in [-0.2, 0) is 16.0 Å². The number of ether oxygens (including phenoxy) is 1. The number of hydrogen-bond acceptors (Lipinski definition) is 6. The highest BCUT2D eigenvalue weighted by molar-refractivity contribution is 7.11. The van der Waals surface area contributed by atoms with Gasteiger partial charge in [0, 0.05) is 41.2 Å². The first kappa shape index (κ1) is 21.9. The number of amides is 2. The monoisotopic (exact) mass is 466 g/mol. The van der Waals surface area contributed by atoms with Crippen LogP contribution in [0.3, 0.4) is 0 Å². The molecule has 174 valence electrons. The Bertz CT molecular complexity index is 1090. The van der Waals surface area contributed by atoms with Gasteiger partial charge in [-0.15, -0.1) is 11.3 Å². The van der Waals surface area contributed by atoms with Crippen molar-refractivity contribution in [2.45, 2.75) is 63.6 Å². The Morgan fingerprint density at radius 3 is 2.88 bits per heavy atom. The van der Waals surface area contributed by atoms with E-state index in [0.29, 0.717) is 30.7 Å². The van der Waals surface area contributed by atoms with E-state index in [1.165, 1.54) is 0 Å². The second-order valence-electron chi connectivity index (χ2n) is 8.99. The van der Waals surface area contributed by atoms with Crippen molar-refractivity contribution in [3.8, 4) is 5.75 Å². The second kappa shape index (κ2) is 9.17. The number of nitrogens with one attached hydrogen (secondary N) is 2. The second-order valence-corrected chi connectivity index (χ2v) is 10.3. The van der Waals surface area contributed by atoms with E-state index in [1.54, 1.807) is 18.4 Å². The SMILES string of the molecule is COc1ccccc1[C@@H]1C2=C(CNC2=O)N[C@@H]2CCCC[C@H]2N1C(=O)CCc1ncc(C)s1. The highest BCUT2D eigenvalue weighted by atomic mass is 32.1. The molecule has 1 aliphatic carbocycles. The van der Waals surface area contributed by atoms with Crippen molar-refractivity contribution in [1.82, 2.24) is 20.5 Å². The lowest BCUT2D eigenvalue weighted by molar-refractivity contribution is -0.137. The molecule has 0 saturated heterocycles. The van der Waals surface area contributed by atoms with E-state index in [0.717, 1.165) is 46.8 Å². The molecule has 33 heavy (non-hydrogen) atoms. The summed E-state index contributed by atoms with van der Waals surface area (Å²) in [4.78, 5) is 34.6. The zero-order valence-corrected chi connectivity index (χ0v) is 19.9. The van der Waals surface area contributed by atoms with Crippen molar-refractivity contribution in [2.75, 3.05) is 13.7 Å². The number of carbonyl (C=O) groups is 2. The number of aromatic nitrogens is 1. The fraction of sp³-hybridized carbons (Fsp3) is 0.480. The van der Waals surface area contributed by atoms with Gasteiger partial charge in [0.2, 0.25) is 5.91 Å². The number of rotatable bonds is 5. The van der Waals surface area contributed by atoms with Gasteiger partial charge < -0.3 is 20.3 Å². The van der Waals surface area contributed by atoms with Crippen LogP contribution in [-0.4, -0.2) is 47.4 Å². The number of methoxy groups -OCH3 is 1. The van der Waals surface area contributed by atoms with Gasteiger partial charge in [0.25, 0.3) is 5.91 Å². The minimum absolute atomic E-state index is 0.0255. The van der Waals surface area contributed by atoms with E-state index in [-0.39, 0.29) is 23.9 Å². The van der Waals surface area contributed by atoms with E-state index in [2.05, 4.69) is 15.6 Å². The fourth-order valence-corrected chi connectivity index (χ4v) is 6.25. The van der Waals surface area contributed by atoms with E-state index in [9.17, 15) is 9.59 Å². The lowest BCUT2D eigenvalue weighted by Gasteiger charge is -2.43. The van der Waals surface area contributed by atoms with Gasteiger partial charge >= 0.3 is 0 Å². The maximum absolute atomic E-state index is 13.9. The molecular weight excluding hydrogens is 436 g/mol. The number of carbonyl (C=O) groups excluding carboxylic acids is 2. The first-order valence-corrected chi connectivity index (χ1v) is 12.5. The molecule has 2 aromatic rings. The molecule has 0 unspecified atom stereocenters. The Labute approximate surface area is 198 Å². The quantitative estimate of drug-likeness (QED) is 0.707. The van der Waals surface area contributed by atoms with Crippen LogP contribution in [0.4, 0.5) is 0 Å². The van der Waals surface area contributed by atoms with Crippen LogP contribution in [0.15, 0.2) is 41.7 Å². The zero-order chi connectivity index (χ0) is 22.9. The van der Waals surface area contributed by atoms with Crippen molar-refractivity contribution >= 4 is 23.2 Å². The smallest absolute Gasteiger partial charge is 0.251 e. The highest BCUT2D eigenvalue weighted by Crippen LogP contribution is 2.43. The lowest BCUT2D eigenvalue weighted by atomic mass is 9.87. The predicted octanol–water partition coefficient (Wildman–Crippen LogP) is 3.26. The van der Waals surface area contributed by atoms with Gasteiger partial charge in [-0.05, 0) is 25.8 Å². The summed E-state index contributed by atoms with van der Waals surface area (Å²) in [5.74, 6) is 0.642. The maximum atomic E-state index is 13.9. The van der Waals surface area contributed by atoms with E-state index >= 15 is 0 Å². The fourth-order valence-electron chi connectivity index (χ4n) is 5.47. The molecule has 1 saturated carbocycles. The number of para-hydroxylation sites is 1. The number of fused-ring (bicyclic) bond motifs is 1. The summed E-state index contributed by atoms with van der Waals surface area (Å²) in [5.41, 5.74) is 2.42. The molecule has 0 radical (unpaired) electrons. The van der Waals surface area contributed by atoms with E-state index in [4.69, 9.17) is 4.74 Å². The molecule has 2 aliphatic heterocycles. The number of nitrogens with zero attached hydrogens (tertiary/aromatic N) is 2. The summed E-state index contributed by atoms with van der Waals surface area (Å²) >= 11 is 1.63. The van der Waals surface area contributed by atoms with Crippen molar-refractivity contribution in [2.24, 2.45) is 0 Å². The zero-order valence-electron chi connectivity index (χ0n) is 19.1. The van der Waals surface area contributed by atoms with Gasteiger partial charge in [0.15, 0.2) is 0 Å². The van der Waals surface area contributed by atoms with Crippen LogP contribution >= 0.6 is 11.3 Å². The molecule has 3 atom stereocenters. The number of benzene rings is 1. The van der Waals surface area contributed by atoms with Crippen LogP contribution in [0, 0.1) is 6.92 Å². The molecule has 1 aromatic heterocycles. The van der Waals surface area contributed by atoms with Gasteiger partial charge in [-0.25, -0.2) is 4.98 Å². The molecule has 7 nitrogen and oxygen atoms in total. The van der Waals surface area contributed by atoms with Crippen LogP contribution < -0.4 is 15.4 Å². The largest absolute Gasteiger partial charge is 0.496 e. The van der Waals surface area contributed by atoms with Gasteiger partial charge in [-0.3, -0.25) is 9.59 Å². The average Bonchev–Trinajstić information content (AvgIpc) is 3.37. The average molecular weight is 467 g/mol. The summed E-state index contributed by atoms with van der Waals surface area (Å²) in [5, 5.41) is 7.61. The van der Waals surface area contributed by atoms with Crippen molar-refractivity contribution < 1.29 is 14.3 Å². The molecule has 0 bridgehead atoms. The first-order valence-electron chi connectivity index (χ1n) is 11.7. The standard InChI is InChI=1S/C25H30N4O3S/c1-15-13-26-21(33-15)11-12-22(30)29-19-9-5-4-8-17(19)28-18-14-27-25(31)23(18)24(29)16-7-3-6-10-20(16)32-2/h3,6-7,10,13,17,19,24,28H,4-5,8-9,11-12,14H2,1-2H3,(H,27,31)/t17-,19-,24-/m1/s1. The topological polar surface area (TPSA) is 83.6 Å². The Morgan fingerprint density at radius 1 is 1.27 bits per heavy atom. The molecule has 2 amide bonds. The summed E-state index contributed by atoms with van der Waals surface area (Å²) in [6.07, 6.45) is 6.94. The third-order valence-corrected chi connectivity index (χ3v) is 7.91. The summed E-state index contributed by atoms with van der Waals surface area (Å²) in [6.45, 7) is 2.50. The van der Waals surface area contributed by atoms with Gasteiger partial charge in [-0.1, -0.05) is 31.0 Å². The minimum atomic E-state index is -0.482. The molecule has 1 aromatic carbocycles. The van der Waals surface area contributed by atoms with Gasteiger partial charge in [-0.2, -0.15) is 0 Å². The third-order valence-electron chi connectivity index (χ3n) is 6.94. The molecule has 0 spiro atoms. The molecule has 2 N–H and O–H groups in total. The van der Waals surface area contributed by atoms with Crippen molar-refractivity contribution in [3.05, 3.63) is 57.2 Å². The number of thiazole rings is 1. The first-order chi connectivity index (χ1) is 16.1. The predicted molar refractivity (Wildman–Crippen MR) is 127 cm³/mol. The van der Waals surface area contributed by atoms with Crippen LogP contribution in [0.25, 0.3) is 0 Å². The summed E-state index contributed by atoms with van der Waals surface area (Å²) < 4.78 is 5.70. The molecule has 3 aliphatic rings.